The Morgan fingerprint density at radius 2 is 1.61 bits per heavy atom. The van der Waals surface area contributed by atoms with E-state index in [2.05, 4.69) is 10.6 Å². The summed E-state index contributed by atoms with van der Waals surface area (Å²) in [5.41, 5.74) is 1.64. The van der Waals surface area contributed by atoms with Gasteiger partial charge in [-0.05, 0) is 63.9 Å². The molecule has 7 nitrogen and oxygen atoms in total. The fraction of sp³-hybridized carbons (Fsp3) is 0.391. The minimum absolute atomic E-state index is 0.302. The van der Waals surface area contributed by atoms with Crippen molar-refractivity contribution in [1.82, 2.24) is 5.32 Å². The zero-order chi connectivity index (χ0) is 23.4. The Labute approximate surface area is 184 Å². The lowest BCUT2D eigenvalue weighted by Crippen LogP contribution is -2.45. The largest absolute Gasteiger partial charge is 0.347 e. The molecule has 0 saturated heterocycles. The van der Waals surface area contributed by atoms with Crippen LogP contribution in [0.2, 0.25) is 0 Å². The second-order valence-electron chi connectivity index (χ2n) is 8.49. The molecule has 0 aliphatic carbocycles. The van der Waals surface area contributed by atoms with Crippen LogP contribution in [0.3, 0.4) is 0 Å². The van der Waals surface area contributed by atoms with Crippen LogP contribution in [0, 0.1) is 0 Å². The van der Waals surface area contributed by atoms with E-state index < -0.39 is 27.5 Å². The van der Waals surface area contributed by atoms with E-state index in [1.165, 1.54) is 6.92 Å². The molecule has 0 aromatic heterocycles. The number of amides is 2. The molecule has 1 unspecified atom stereocenters. The molecule has 31 heavy (non-hydrogen) atoms. The lowest BCUT2D eigenvalue weighted by molar-refractivity contribution is -0.116. The molecule has 1 atom stereocenters. The first-order chi connectivity index (χ1) is 14.3. The molecule has 0 radical (unpaired) electrons. The molecule has 0 bridgehead atoms. The molecule has 8 heteroatoms. The van der Waals surface area contributed by atoms with Gasteiger partial charge in [-0.15, -0.1) is 0 Å². The van der Waals surface area contributed by atoms with E-state index in [1.807, 2.05) is 39.8 Å². The van der Waals surface area contributed by atoms with E-state index in [4.69, 9.17) is 0 Å². The summed E-state index contributed by atoms with van der Waals surface area (Å²) in [6.07, 6.45) is 1.89. The maximum atomic E-state index is 13.0. The third-order valence-electron chi connectivity index (χ3n) is 4.61. The van der Waals surface area contributed by atoms with Gasteiger partial charge in [0, 0.05) is 5.54 Å². The minimum Gasteiger partial charge on any atom is -0.347 e. The maximum absolute atomic E-state index is 13.0. The standard InChI is InChI=1S/C23H31N3O4S/c1-7-17-12-14-18(15-13-17)26(31(6,29)30)16(2)21(27)24-20-11-9-8-10-19(20)22(28)25-23(3,4)5/h8-16H,7H2,1-6H3,(H,24,27)(H,25,28). The second kappa shape index (κ2) is 9.51. The van der Waals surface area contributed by atoms with Gasteiger partial charge in [0.1, 0.15) is 6.04 Å². The maximum Gasteiger partial charge on any atom is 0.253 e. The monoisotopic (exact) mass is 445 g/mol. The summed E-state index contributed by atoms with van der Waals surface area (Å²) in [7, 11) is -3.73. The van der Waals surface area contributed by atoms with E-state index in [9.17, 15) is 18.0 Å². The Hall–Kier alpha value is -2.87. The Morgan fingerprint density at radius 1 is 1.03 bits per heavy atom. The van der Waals surface area contributed by atoms with Gasteiger partial charge in [-0.25, -0.2) is 8.42 Å². The molecular formula is C23H31N3O4S. The number of aryl methyl sites for hydroxylation is 1. The molecule has 0 aliphatic rings. The van der Waals surface area contributed by atoms with Gasteiger partial charge in [-0.1, -0.05) is 31.2 Å². The summed E-state index contributed by atoms with van der Waals surface area (Å²) in [5, 5.41) is 5.58. The van der Waals surface area contributed by atoms with Crippen molar-refractivity contribution in [2.24, 2.45) is 0 Å². The number of carbonyl (C=O) groups is 2. The van der Waals surface area contributed by atoms with Crippen LogP contribution in [-0.4, -0.2) is 38.1 Å². The van der Waals surface area contributed by atoms with Crippen molar-refractivity contribution in [2.75, 3.05) is 15.9 Å². The molecule has 2 aromatic rings. The minimum atomic E-state index is -3.73. The molecule has 168 valence electrons. The topological polar surface area (TPSA) is 95.6 Å². The van der Waals surface area contributed by atoms with Gasteiger partial charge >= 0.3 is 0 Å². The van der Waals surface area contributed by atoms with Crippen molar-refractivity contribution >= 4 is 33.2 Å². The molecule has 0 fully saturated rings. The highest BCUT2D eigenvalue weighted by Crippen LogP contribution is 2.23. The van der Waals surface area contributed by atoms with Gasteiger partial charge in [0.05, 0.1) is 23.2 Å². The highest BCUT2D eigenvalue weighted by molar-refractivity contribution is 7.92. The molecular weight excluding hydrogens is 414 g/mol. The number of rotatable bonds is 7. The van der Waals surface area contributed by atoms with Crippen LogP contribution in [0.1, 0.15) is 50.5 Å². The Bertz CT molecular complexity index is 1040. The van der Waals surface area contributed by atoms with Gasteiger partial charge < -0.3 is 10.6 Å². The zero-order valence-corrected chi connectivity index (χ0v) is 19.7. The van der Waals surface area contributed by atoms with Crippen LogP contribution in [0.4, 0.5) is 11.4 Å². The highest BCUT2D eigenvalue weighted by atomic mass is 32.2. The molecule has 2 amide bonds. The second-order valence-corrected chi connectivity index (χ2v) is 10.4. The first-order valence-electron chi connectivity index (χ1n) is 10.1. The van der Waals surface area contributed by atoms with Crippen molar-refractivity contribution in [3.05, 3.63) is 59.7 Å². The summed E-state index contributed by atoms with van der Waals surface area (Å²) in [6.45, 7) is 9.11. The first-order valence-corrected chi connectivity index (χ1v) is 12.0. The zero-order valence-electron chi connectivity index (χ0n) is 18.9. The van der Waals surface area contributed by atoms with E-state index in [-0.39, 0.29) is 5.91 Å². The lowest BCUT2D eigenvalue weighted by Gasteiger charge is -2.28. The molecule has 0 saturated carbocycles. The molecule has 0 spiro atoms. The summed E-state index contributed by atoms with van der Waals surface area (Å²) in [4.78, 5) is 25.6. The predicted octanol–water partition coefficient (Wildman–Crippen LogP) is 3.57. The number of hydrogen-bond donors (Lipinski definition) is 2. The SMILES string of the molecule is CCc1ccc(N(C(C)C(=O)Nc2ccccc2C(=O)NC(C)(C)C)S(C)(=O)=O)cc1. The Morgan fingerprint density at radius 3 is 2.13 bits per heavy atom. The average Bonchev–Trinajstić information content (AvgIpc) is 2.66. The van der Waals surface area contributed by atoms with Crippen LogP contribution in [-0.2, 0) is 21.2 Å². The number of anilines is 2. The van der Waals surface area contributed by atoms with Crippen LogP contribution in [0.15, 0.2) is 48.5 Å². The number of nitrogens with zero attached hydrogens (tertiary/aromatic N) is 1. The lowest BCUT2D eigenvalue weighted by atomic mass is 10.1. The third kappa shape index (κ3) is 6.55. The fourth-order valence-corrected chi connectivity index (χ4v) is 4.30. The third-order valence-corrected chi connectivity index (χ3v) is 5.85. The van der Waals surface area contributed by atoms with Crippen molar-refractivity contribution in [3.8, 4) is 0 Å². The molecule has 2 rings (SSSR count). The van der Waals surface area contributed by atoms with Crippen LogP contribution < -0.4 is 14.9 Å². The predicted molar refractivity (Wildman–Crippen MR) is 125 cm³/mol. The van der Waals surface area contributed by atoms with Gasteiger partial charge in [-0.2, -0.15) is 0 Å². The van der Waals surface area contributed by atoms with Crippen molar-refractivity contribution in [2.45, 2.75) is 52.6 Å². The van der Waals surface area contributed by atoms with Crippen LogP contribution in [0.25, 0.3) is 0 Å². The van der Waals surface area contributed by atoms with E-state index in [1.54, 1.807) is 36.4 Å². The quantitative estimate of drug-likeness (QED) is 0.681. The number of hydrogen-bond acceptors (Lipinski definition) is 4. The van der Waals surface area contributed by atoms with Crippen molar-refractivity contribution < 1.29 is 18.0 Å². The smallest absolute Gasteiger partial charge is 0.253 e. The summed E-state index contributed by atoms with van der Waals surface area (Å²) in [5.74, 6) is -0.868. The molecule has 0 heterocycles. The van der Waals surface area contributed by atoms with Crippen molar-refractivity contribution in [3.63, 3.8) is 0 Å². The Kier molecular flexibility index (Phi) is 7.49. The first kappa shape index (κ1) is 24.4. The van der Waals surface area contributed by atoms with Gasteiger partial charge in [0.15, 0.2) is 0 Å². The summed E-state index contributed by atoms with van der Waals surface area (Å²) >= 11 is 0. The van der Waals surface area contributed by atoms with Crippen LogP contribution >= 0.6 is 0 Å². The van der Waals surface area contributed by atoms with Gasteiger partial charge in [-0.3, -0.25) is 13.9 Å². The Balaban J connectivity index is 2.32. The molecule has 0 aliphatic heterocycles. The normalized spacial score (nSPS) is 12.7. The van der Waals surface area contributed by atoms with Crippen molar-refractivity contribution in [1.29, 1.82) is 0 Å². The molecule has 2 aromatic carbocycles. The highest BCUT2D eigenvalue weighted by Gasteiger charge is 2.30. The van der Waals surface area contributed by atoms with Crippen LogP contribution in [0.5, 0.6) is 0 Å². The summed E-state index contributed by atoms with van der Waals surface area (Å²) in [6, 6.07) is 12.7. The van der Waals surface area contributed by atoms with E-state index in [0.29, 0.717) is 16.9 Å². The number of sulfonamides is 1. The summed E-state index contributed by atoms with van der Waals surface area (Å²) < 4.78 is 26.1. The van der Waals surface area contributed by atoms with E-state index in [0.717, 1.165) is 22.5 Å². The number of nitrogens with one attached hydrogen (secondary N) is 2. The number of para-hydroxylation sites is 1. The fourth-order valence-electron chi connectivity index (χ4n) is 3.12. The van der Waals surface area contributed by atoms with Gasteiger partial charge in [0.25, 0.3) is 5.91 Å². The van der Waals surface area contributed by atoms with E-state index >= 15 is 0 Å². The van der Waals surface area contributed by atoms with Gasteiger partial charge in [0.2, 0.25) is 15.9 Å². The average molecular weight is 446 g/mol. The number of benzene rings is 2. The number of carbonyl (C=O) groups excluding carboxylic acids is 2. The molecule has 2 N–H and O–H groups in total.